The Morgan fingerprint density at radius 2 is 2.08 bits per heavy atom. The van der Waals surface area contributed by atoms with Crippen LogP contribution in [0.25, 0.3) is 10.6 Å². The second-order valence-electron chi connectivity index (χ2n) is 5.22. The van der Waals surface area contributed by atoms with Crippen LogP contribution in [0, 0.1) is 6.92 Å². The van der Waals surface area contributed by atoms with Crippen LogP contribution in [0.1, 0.15) is 20.2 Å². The van der Waals surface area contributed by atoms with Gasteiger partial charge in [-0.15, -0.1) is 34.4 Å². The van der Waals surface area contributed by atoms with Crippen LogP contribution in [-0.2, 0) is 6.42 Å². The number of thiophene rings is 1. The summed E-state index contributed by atoms with van der Waals surface area (Å²) in [5, 5.41) is 6.19. The van der Waals surface area contributed by atoms with E-state index in [1.54, 1.807) is 34.4 Å². The maximum atomic E-state index is 12.3. The molecule has 0 unspecified atom stereocenters. The smallest absolute Gasteiger partial charge is 0.252 e. The first-order valence-corrected chi connectivity index (χ1v) is 10.5. The van der Waals surface area contributed by atoms with Crippen LogP contribution in [0.3, 0.4) is 0 Å². The normalized spacial score (nSPS) is 10.8. The summed E-state index contributed by atoms with van der Waals surface area (Å²) in [6.07, 6.45) is 2.82. The molecule has 0 atom stereocenters. The molecule has 1 N–H and O–H groups in total. The minimum absolute atomic E-state index is 0.00754. The highest BCUT2D eigenvalue weighted by Crippen LogP contribution is 2.29. The quantitative estimate of drug-likeness (QED) is 0.626. The van der Waals surface area contributed by atoms with Crippen molar-refractivity contribution in [3.8, 4) is 10.6 Å². The van der Waals surface area contributed by atoms with Crippen molar-refractivity contribution in [2.45, 2.75) is 18.2 Å². The Balaban J connectivity index is 1.57. The highest BCUT2D eigenvalue weighted by Gasteiger charge is 2.10. The molecule has 0 radical (unpaired) electrons. The second kappa shape index (κ2) is 7.96. The molecule has 0 aliphatic rings. The van der Waals surface area contributed by atoms with E-state index in [0.717, 1.165) is 27.6 Å². The molecule has 2 heterocycles. The molecule has 1 aromatic carbocycles. The van der Waals surface area contributed by atoms with Crippen molar-refractivity contribution in [3.63, 3.8) is 0 Å². The summed E-state index contributed by atoms with van der Waals surface area (Å²) in [7, 11) is 0. The summed E-state index contributed by atoms with van der Waals surface area (Å²) in [4.78, 5) is 20.3. The summed E-state index contributed by atoms with van der Waals surface area (Å²) in [5.74, 6) is -0.00754. The third-order valence-electron chi connectivity index (χ3n) is 3.54. The first-order chi connectivity index (χ1) is 11.7. The number of benzene rings is 1. The number of carbonyl (C=O) groups is 1. The van der Waals surface area contributed by atoms with E-state index in [1.807, 2.05) is 37.4 Å². The molecule has 1 amide bonds. The summed E-state index contributed by atoms with van der Waals surface area (Å²) >= 11 is 5.00. The van der Waals surface area contributed by atoms with Gasteiger partial charge in [-0.1, -0.05) is 12.1 Å². The Labute approximate surface area is 154 Å². The lowest BCUT2D eigenvalue weighted by Crippen LogP contribution is -2.25. The molecule has 6 heteroatoms. The van der Waals surface area contributed by atoms with Gasteiger partial charge in [-0.05, 0) is 43.9 Å². The van der Waals surface area contributed by atoms with Crippen molar-refractivity contribution < 1.29 is 4.79 Å². The van der Waals surface area contributed by atoms with Gasteiger partial charge in [0.1, 0.15) is 0 Å². The van der Waals surface area contributed by atoms with Crippen LogP contribution < -0.4 is 5.32 Å². The average Bonchev–Trinajstić information content (AvgIpc) is 3.23. The Kier molecular flexibility index (Phi) is 5.71. The number of amides is 1. The third kappa shape index (κ3) is 4.06. The number of aryl methyl sites for hydroxylation is 1. The number of aromatic nitrogens is 1. The largest absolute Gasteiger partial charge is 0.352 e. The molecule has 0 fully saturated rings. The van der Waals surface area contributed by atoms with Gasteiger partial charge >= 0.3 is 0 Å². The number of thioether (sulfide) groups is 1. The molecule has 0 saturated carbocycles. The Morgan fingerprint density at radius 3 is 2.83 bits per heavy atom. The second-order valence-corrected chi connectivity index (χ2v) is 8.30. The third-order valence-corrected chi connectivity index (χ3v) is 6.28. The minimum atomic E-state index is -0.00754. The highest BCUT2D eigenvalue weighted by atomic mass is 32.2. The van der Waals surface area contributed by atoms with Crippen molar-refractivity contribution in [1.82, 2.24) is 10.3 Å². The maximum absolute atomic E-state index is 12.3. The van der Waals surface area contributed by atoms with E-state index in [2.05, 4.69) is 27.8 Å². The molecule has 2 aromatic heterocycles. The molecule has 3 aromatic rings. The minimum Gasteiger partial charge on any atom is -0.352 e. The lowest BCUT2D eigenvalue weighted by Gasteiger charge is -2.07. The van der Waals surface area contributed by atoms with Crippen molar-refractivity contribution >= 4 is 40.3 Å². The van der Waals surface area contributed by atoms with Crippen LogP contribution >= 0.6 is 34.4 Å². The molecular formula is C18H18N2OS3. The lowest BCUT2D eigenvalue weighted by atomic mass is 10.2. The monoisotopic (exact) mass is 374 g/mol. The lowest BCUT2D eigenvalue weighted by molar-refractivity contribution is 0.0951. The van der Waals surface area contributed by atoms with Gasteiger partial charge in [-0.3, -0.25) is 4.79 Å². The maximum Gasteiger partial charge on any atom is 0.252 e. The molecule has 0 aliphatic heterocycles. The zero-order chi connectivity index (χ0) is 16.9. The van der Waals surface area contributed by atoms with E-state index in [9.17, 15) is 4.79 Å². The number of nitrogens with one attached hydrogen (secondary N) is 1. The van der Waals surface area contributed by atoms with Gasteiger partial charge in [0.2, 0.25) is 0 Å². The molecule has 24 heavy (non-hydrogen) atoms. The number of thiazole rings is 1. The fourth-order valence-corrected chi connectivity index (χ4v) is 4.60. The van der Waals surface area contributed by atoms with Gasteiger partial charge < -0.3 is 5.32 Å². The first kappa shape index (κ1) is 17.2. The fraction of sp³-hybridized carbons (Fsp3) is 0.222. The van der Waals surface area contributed by atoms with Gasteiger partial charge in [0.05, 0.1) is 21.1 Å². The standard InChI is InChI=1S/C18H18N2OS3/c1-12-20-15(11-23-12)17-8-7-13(24-17)9-10-19-18(21)14-5-3-4-6-16(14)22-2/h3-8,11H,9-10H2,1-2H3,(H,19,21). The molecule has 3 rings (SSSR count). The van der Waals surface area contributed by atoms with Gasteiger partial charge in [0.25, 0.3) is 5.91 Å². The highest BCUT2D eigenvalue weighted by molar-refractivity contribution is 7.98. The molecular weight excluding hydrogens is 356 g/mol. The predicted octanol–water partition coefficient (Wildman–Crippen LogP) is 4.87. The van der Waals surface area contributed by atoms with Gasteiger partial charge in [0.15, 0.2) is 0 Å². The number of rotatable bonds is 6. The zero-order valence-electron chi connectivity index (χ0n) is 13.5. The Bertz CT molecular complexity index is 838. The fourth-order valence-electron chi connectivity index (χ4n) is 2.35. The van der Waals surface area contributed by atoms with Gasteiger partial charge in [-0.25, -0.2) is 4.98 Å². The van der Waals surface area contributed by atoms with Crippen molar-refractivity contribution in [1.29, 1.82) is 0 Å². The molecule has 0 aliphatic carbocycles. The average molecular weight is 375 g/mol. The predicted molar refractivity (Wildman–Crippen MR) is 104 cm³/mol. The molecule has 0 spiro atoms. The van der Waals surface area contributed by atoms with Crippen molar-refractivity contribution in [3.05, 3.63) is 57.2 Å². The zero-order valence-corrected chi connectivity index (χ0v) is 16.0. The summed E-state index contributed by atoms with van der Waals surface area (Å²) in [6.45, 7) is 2.65. The van der Waals surface area contributed by atoms with Crippen LogP contribution in [0.5, 0.6) is 0 Å². The van der Waals surface area contributed by atoms with Gasteiger partial charge in [0, 0.05) is 21.7 Å². The first-order valence-electron chi connectivity index (χ1n) is 7.60. The number of nitrogens with zero attached hydrogens (tertiary/aromatic N) is 1. The van der Waals surface area contributed by atoms with E-state index in [4.69, 9.17) is 0 Å². The van der Waals surface area contributed by atoms with E-state index >= 15 is 0 Å². The topological polar surface area (TPSA) is 42.0 Å². The molecule has 0 saturated heterocycles. The van der Waals surface area contributed by atoms with Gasteiger partial charge in [-0.2, -0.15) is 0 Å². The summed E-state index contributed by atoms with van der Waals surface area (Å²) < 4.78 is 0. The Morgan fingerprint density at radius 1 is 1.25 bits per heavy atom. The number of hydrogen-bond donors (Lipinski definition) is 1. The van der Waals surface area contributed by atoms with E-state index in [-0.39, 0.29) is 5.91 Å². The van der Waals surface area contributed by atoms with Crippen LogP contribution in [0.15, 0.2) is 46.7 Å². The van der Waals surface area contributed by atoms with Crippen LogP contribution in [0.2, 0.25) is 0 Å². The summed E-state index contributed by atoms with van der Waals surface area (Å²) in [6, 6.07) is 11.9. The van der Waals surface area contributed by atoms with Crippen LogP contribution in [0.4, 0.5) is 0 Å². The number of hydrogen-bond acceptors (Lipinski definition) is 5. The number of carbonyl (C=O) groups excluding carboxylic acids is 1. The van der Waals surface area contributed by atoms with Crippen molar-refractivity contribution in [2.75, 3.05) is 12.8 Å². The summed E-state index contributed by atoms with van der Waals surface area (Å²) in [5.41, 5.74) is 1.79. The van der Waals surface area contributed by atoms with E-state index in [1.165, 1.54) is 9.75 Å². The SMILES string of the molecule is CSc1ccccc1C(=O)NCCc1ccc(-c2csc(C)n2)s1. The van der Waals surface area contributed by atoms with E-state index < -0.39 is 0 Å². The van der Waals surface area contributed by atoms with Crippen LogP contribution in [-0.4, -0.2) is 23.7 Å². The van der Waals surface area contributed by atoms with E-state index in [0.29, 0.717) is 6.54 Å². The molecule has 124 valence electrons. The van der Waals surface area contributed by atoms with Crippen molar-refractivity contribution in [2.24, 2.45) is 0 Å². The molecule has 0 bridgehead atoms. The molecule has 3 nitrogen and oxygen atoms in total. The Hall–Kier alpha value is -1.63.